The first-order valence-corrected chi connectivity index (χ1v) is 12.1. The van der Waals surface area contributed by atoms with E-state index < -0.39 is 24.2 Å². The molecule has 0 spiro atoms. The predicted octanol–water partition coefficient (Wildman–Crippen LogP) is 4.53. The molecule has 4 rings (SSSR count). The molecular weight excluding hydrogens is 425 g/mol. The van der Waals surface area contributed by atoms with Gasteiger partial charge in [0.1, 0.15) is 18.0 Å². The van der Waals surface area contributed by atoms with Crippen molar-refractivity contribution in [3.8, 4) is 5.75 Å². The van der Waals surface area contributed by atoms with Crippen molar-refractivity contribution in [3.05, 3.63) is 41.2 Å². The van der Waals surface area contributed by atoms with Crippen LogP contribution in [0.2, 0.25) is 0 Å². The van der Waals surface area contributed by atoms with E-state index in [0.717, 1.165) is 12.0 Å². The van der Waals surface area contributed by atoms with Crippen LogP contribution in [-0.4, -0.2) is 54.7 Å². The monoisotopic (exact) mass is 459 g/mol. The van der Waals surface area contributed by atoms with Gasteiger partial charge in [0.2, 0.25) is 0 Å². The highest BCUT2D eigenvalue weighted by atomic mass is 19.1. The van der Waals surface area contributed by atoms with E-state index in [9.17, 15) is 14.0 Å². The Morgan fingerprint density at radius 2 is 2.03 bits per heavy atom. The quantitative estimate of drug-likeness (QED) is 0.508. The summed E-state index contributed by atoms with van der Waals surface area (Å²) in [6.07, 6.45) is 1.17. The van der Waals surface area contributed by atoms with E-state index in [-0.39, 0.29) is 30.0 Å². The second kappa shape index (κ2) is 10.2. The van der Waals surface area contributed by atoms with Crippen LogP contribution >= 0.6 is 0 Å². The molecule has 0 saturated heterocycles. The van der Waals surface area contributed by atoms with E-state index in [0.29, 0.717) is 50.3 Å². The Balaban J connectivity index is 1.66. The lowest BCUT2D eigenvalue weighted by atomic mass is 9.77. The number of carbonyl (C=O) groups excluding carboxylic acids is 2. The van der Waals surface area contributed by atoms with Crippen molar-refractivity contribution in [3.63, 3.8) is 0 Å². The fourth-order valence-corrected chi connectivity index (χ4v) is 4.99. The number of hydrogen-bond donors (Lipinski definition) is 0. The molecule has 0 bridgehead atoms. The summed E-state index contributed by atoms with van der Waals surface area (Å²) in [5.74, 6) is -0.112. The number of ketones is 1. The topological polar surface area (TPSA) is 65.1 Å². The summed E-state index contributed by atoms with van der Waals surface area (Å²) in [7, 11) is 0. The summed E-state index contributed by atoms with van der Waals surface area (Å²) < 4.78 is 31.7. The molecule has 1 aliphatic carbocycles. The normalized spacial score (nSPS) is 27.0. The molecular formula is C26H34FNO5. The maximum absolute atomic E-state index is 14.2. The van der Waals surface area contributed by atoms with Crippen LogP contribution in [-0.2, 0) is 19.1 Å². The number of alkyl halides is 1. The number of nitrogens with zero attached hydrogens (tertiary/aromatic N) is 1. The van der Waals surface area contributed by atoms with Crippen LogP contribution in [0.5, 0.6) is 5.75 Å². The molecule has 0 N–H and O–H groups in total. The second-order valence-electron chi connectivity index (χ2n) is 9.38. The van der Waals surface area contributed by atoms with Gasteiger partial charge in [0.05, 0.1) is 30.2 Å². The number of hydrogen-bond acceptors (Lipinski definition) is 5. The Morgan fingerprint density at radius 1 is 1.21 bits per heavy atom. The number of carbonyl (C=O) groups is 2. The van der Waals surface area contributed by atoms with E-state index in [4.69, 9.17) is 14.2 Å². The predicted molar refractivity (Wildman–Crippen MR) is 122 cm³/mol. The first-order valence-electron chi connectivity index (χ1n) is 12.1. The minimum atomic E-state index is -1.01. The fourth-order valence-electron chi connectivity index (χ4n) is 4.99. The molecule has 1 saturated carbocycles. The second-order valence-corrected chi connectivity index (χ2v) is 9.38. The molecule has 2 heterocycles. The van der Waals surface area contributed by atoms with Gasteiger partial charge in [-0.05, 0) is 63.6 Å². The van der Waals surface area contributed by atoms with Crippen molar-refractivity contribution >= 4 is 11.7 Å². The summed E-state index contributed by atoms with van der Waals surface area (Å²) in [6, 6.07) is 6.97. The first-order chi connectivity index (χ1) is 15.9. The molecule has 2 aliphatic heterocycles. The lowest BCUT2D eigenvalue weighted by Gasteiger charge is -2.36. The number of fused-ring (bicyclic) bond motifs is 1. The average molecular weight is 460 g/mol. The lowest BCUT2D eigenvalue weighted by molar-refractivity contribution is -0.136. The minimum absolute atomic E-state index is 0.107. The molecule has 3 aliphatic rings. The van der Waals surface area contributed by atoms with E-state index >= 15 is 0 Å². The van der Waals surface area contributed by atoms with E-state index in [1.54, 1.807) is 4.90 Å². The molecule has 1 amide bonds. The van der Waals surface area contributed by atoms with Gasteiger partial charge in [0, 0.05) is 13.2 Å². The van der Waals surface area contributed by atoms with Crippen LogP contribution in [0.1, 0.15) is 64.5 Å². The third kappa shape index (κ3) is 4.93. The lowest BCUT2D eigenvalue weighted by Crippen LogP contribution is -2.42. The van der Waals surface area contributed by atoms with Gasteiger partial charge in [-0.25, -0.2) is 4.39 Å². The molecule has 0 aromatic heterocycles. The highest BCUT2D eigenvalue weighted by Gasteiger charge is 2.52. The van der Waals surface area contributed by atoms with Crippen LogP contribution in [0.25, 0.3) is 0 Å². The maximum Gasteiger partial charge on any atom is 0.290 e. The average Bonchev–Trinajstić information content (AvgIpc) is 3.08. The van der Waals surface area contributed by atoms with Gasteiger partial charge in [-0.2, -0.15) is 0 Å². The third-order valence-electron chi connectivity index (χ3n) is 6.52. The summed E-state index contributed by atoms with van der Waals surface area (Å²) in [5.41, 5.74) is 1.17. The Labute approximate surface area is 195 Å². The molecule has 1 aromatic carbocycles. The van der Waals surface area contributed by atoms with Crippen molar-refractivity contribution in [2.75, 3.05) is 19.8 Å². The summed E-state index contributed by atoms with van der Waals surface area (Å²) in [5, 5.41) is 0. The van der Waals surface area contributed by atoms with Gasteiger partial charge in [-0.15, -0.1) is 0 Å². The number of rotatable bonds is 9. The largest absolute Gasteiger partial charge is 0.494 e. The van der Waals surface area contributed by atoms with Gasteiger partial charge in [-0.1, -0.05) is 19.1 Å². The SMILES string of the molecule is CCCOc1cccc(C2C3=C(OC4CCC(F)CC4C3=O)C(=O)N2CCCOC(C)C)c1. The van der Waals surface area contributed by atoms with Crippen LogP contribution < -0.4 is 4.74 Å². The Hall–Kier alpha value is -2.41. The van der Waals surface area contributed by atoms with Crippen molar-refractivity contribution in [1.82, 2.24) is 4.90 Å². The molecule has 7 heteroatoms. The smallest absolute Gasteiger partial charge is 0.290 e. The van der Waals surface area contributed by atoms with Crippen LogP contribution in [0.15, 0.2) is 35.6 Å². The fraction of sp³-hybridized carbons (Fsp3) is 0.615. The molecule has 6 nitrogen and oxygen atoms in total. The highest BCUT2D eigenvalue weighted by molar-refractivity contribution is 6.11. The van der Waals surface area contributed by atoms with Crippen molar-refractivity contribution in [2.24, 2.45) is 5.92 Å². The zero-order chi connectivity index (χ0) is 23.5. The van der Waals surface area contributed by atoms with Gasteiger partial charge >= 0.3 is 0 Å². The Kier molecular flexibility index (Phi) is 7.37. The Morgan fingerprint density at radius 3 is 2.79 bits per heavy atom. The zero-order valence-corrected chi connectivity index (χ0v) is 19.7. The van der Waals surface area contributed by atoms with Crippen LogP contribution in [0, 0.1) is 5.92 Å². The molecule has 1 fully saturated rings. The summed E-state index contributed by atoms with van der Waals surface area (Å²) in [6.45, 7) is 7.51. The van der Waals surface area contributed by atoms with Gasteiger partial charge in [0.25, 0.3) is 5.91 Å². The van der Waals surface area contributed by atoms with Crippen LogP contribution in [0.4, 0.5) is 4.39 Å². The molecule has 4 atom stereocenters. The molecule has 33 heavy (non-hydrogen) atoms. The number of ether oxygens (including phenoxy) is 3. The standard InChI is InChI=1S/C26H34FNO5/c1-4-12-32-19-8-5-7-17(14-19)23-22-24(29)20-15-18(27)9-10-21(20)33-25(22)26(30)28(23)11-6-13-31-16(2)3/h5,7-8,14,16,18,20-21,23H,4,6,9-13,15H2,1-3H3. The van der Waals surface area contributed by atoms with Crippen molar-refractivity contribution in [2.45, 2.75) is 77.3 Å². The molecule has 4 unspecified atom stereocenters. The van der Waals surface area contributed by atoms with Gasteiger partial charge < -0.3 is 19.1 Å². The maximum atomic E-state index is 14.2. The number of halogens is 1. The minimum Gasteiger partial charge on any atom is -0.494 e. The molecule has 1 aromatic rings. The molecule has 180 valence electrons. The van der Waals surface area contributed by atoms with Crippen molar-refractivity contribution < 1.29 is 28.2 Å². The zero-order valence-electron chi connectivity index (χ0n) is 19.7. The van der Waals surface area contributed by atoms with Gasteiger partial charge in [0.15, 0.2) is 11.5 Å². The number of benzene rings is 1. The molecule has 0 radical (unpaired) electrons. The van der Waals surface area contributed by atoms with Crippen molar-refractivity contribution in [1.29, 1.82) is 0 Å². The Bertz CT molecular complexity index is 914. The summed E-state index contributed by atoms with van der Waals surface area (Å²) >= 11 is 0. The van der Waals surface area contributed by atoms with E-state index in [1.807, 2.05) is 45.0 Å². The number of amides is 1. The van der Waals surface area contributed by atoms with E-state index in [2.05, 4.69) is 0 Å². The highest BCUT2D eigenvalue weighted by Crippen LogP contribution is 2.47. The number of Topliss-reactive ketones (excluding diaryl/α,β-unsaturated/α-hetero) is 1. The van der Waals surface area contributed by atoms with E-state index in [1.165, 1.54) is 0 Å². The van der Waals surface area contributed by atoms with Crippen LogP contribution in [0.3, 0.4) is 0 Å². The third-order valence-corrected chi connectivity index (χ3v) is 6.52. The summed E-state index contributed by atoms with van der Waals surface area (Å²) in [4.78, 5) is 28.7. The van der Waals surface area contributed by atoms with Gasteiger partial charge in [-0.3, -0.25) is 9.59 Å². The first kappa shape index (κ1) is 23.7.